The first kappa shape index (κ1) is 14.3. The van der Waals surface area contributed by atoms with Gasteiger partial charge in [-0.15, -0.1) is 0 Å². The van der Waals surface area contributed by atoms with Gasteiger partial charge in [0.25, 0.3) is 5.69 Å². The lowest BCUT2D eigenvalue weighted by atomic mass is 10.2. The molecule has 0 saturated heterocycles. The maximum Gasteiger partial charge on any atom is 0.269 e. The monoisotopic (exact) mass is 309 g/mol. The Bertz CT molecular complexity index is 657. The fraction of sp³-hybridized carbons (Fsp3) is 0. The fourth-order valence-corrected chi connectivity index (χ4v) is 1.79. The minimum atomic E-state index is -0.453. The van der Waals surface area contributed by atoms with Crippen molar-refractivity contribution in [2.24, 2.45) is 5.10 Å². The van der Waals surface area contributed by atoms with E-state index in [1.807, 2.05) is 0 Å². The molecule has 0 aromatic heterocycles. The maximum absolute atomic E-state index is 10.5. The maximum atomic E-state index is 10.5. The van der Waals surface area contributed by atoms with E-state index in [0.717, 1.165) is 5.56 Å². The Morgan fingerprint density at radius 2 is 1.85 bits per heavy atom. The molecule has 0 amide bonds. The van der Waals surface area contributed by atoms with Gasteiger partial charge in [0.1, 0.15) is 0 Å². The predicted molar refractivity (Wildman–Crippen MR) is 80.8 cm³/mol. The molecular formula is C13H9Cl2N3O2. The Hall–Kier alpha value is -2.11. The smallest absolute Gasteiger partial charge is 0.269 e. The van der Waals surface area contributed by atoms with Gasteiger partial charge in [-0.25, -0.2) is 0 Å². The summed E-state index contributed by atoms with van der Waals surface area (Å²) in [5.74, 6) is 0. The molecule has 7 heteroatoms. The fourth-order valence-electron chi connectivity index (χ4n) is 1.45. The normalized spacial score (nSPS) is 10.7. The average Bonchev–Trinajstić information content (AvgIpc) is 2.44. The van der Waals surface area contributed by atoms with E-state index in [2.05, 4.69) is 10.5 Å². The third kappa shape index (κ3) is 3.46. The van der Waals surface area contributed by atoms with Gasteiger partial charge in [0.05, 0.1) is 26.9 Å². The SMILES string of the molecule is O=[N+]([O-])c1ccc(/C=N\Nc2cccc(Cl)c2Cl)cc1. The number of nitro groups is 1. The average molecular weight is 310 g/mol. The third-order valence-electron chi connectivity index (χ3n) is 2.45. The van der Waals surface area contributed by atoms with Gasteiger partial charge >= 0.3 is 0 Å². The third-order valence-corrected chi connectivity index (χ3v) is 3.27. The van der Waals surface area contributed by atoms with Gasteiger partial charge in [0.2, 0.25) is 0 Å². The van der Waals surface area contributed by atoms with Crippen LogP contribution < -0.4 is 5.43 Å². The van der Waals surface area contributed by atoms with E-state index < -0.39 is 4.92 Å². The minimum Gasteiger partial charge on any atom is -0.277 e. The molecule has 2 aromatic rings. The van der Waals surface area contributed by atoms with Crippen LogP contribution in [0.25, 0.3) is 0 Å². The topological polar surface area (TPSA) is 67.5 Å². The number of non-ortho nitro benzene ring substituents is 1. The van der Waals surface area contributed by atoms with Crippen molar-refractivity contribution in [3.63, 3.8) is 0 Å². The molecule has 0 radical (unpaired) electrons. The summed E-state index contributed by atoms with van der Waals surface area (Å²) in [6.07, 6.45) is 1.53. The summed E-state index contributed by atoms with van der Waals surface area (Å²) in [5, 5.41) is 15.3. The van der Waals surface area contributed by atoms with E-state index >= 15 is 0 Å². The van der Waals surface area contributed by atoms with Gasteiger partial charge in [-0.3, -0.25) is 15.5 Å². The van der Waals surface area contributed by atoms with Crippen LogP contribution in [0.15, 0.2) is 47.6 Å². The molecule has 0 saturated carbocycles. The number of nitro benzene ring substituents is 1. The van der Waals surface area contributed by atoms with E-state index in [9.17, 15) is 10.1 Å². The van der Waals surface area contributed by atoms with E-state index in [4.69, 9.17) is 23.2 Å². The minimum absolute atomic E-state index is 0.0352. The zero-order chi connectivity index (χ0) is 14.5. The highest BCUT2D eigenvalue weighted by Crippen LogP contribution is 2.29. The molecule has 1 N–H and O–H groups in total. The zero-order valence-corrected chi connectivity index (χ0v) is 11.6. The van der Waals surface area contributed by atoms with Gasteiger partial charge in [0.15, 0.2) is 0 Å². The van der Waals surface area contributed by atoms with E-state index in [1.54, 1.807) is 30.3 Å². The largest absolute Gasteiger partial charge is 0.277 e. The van der Waals surface area contributed by atoms with Crippen molar-refractivity contribution in [2.75, 3.05) is 5.43 Å². The molecule has 0 aliphatic carbocycles. The molecule has 0 aliphatic rings. The predicted octanol–water partition coefficient (Wildman–Crippen LogP) is 4.35. The van der Waals surface area contributed by atoms with Crippen molar-refractivity contribution in [1.29, 1.82) is 0 Å². The number of hydrogen-bond donors (Lipinski definition) is 1. The standard InChI is InChI=1S/C13H9Cl2N3O2/c14-11-2-1-3-12(13(11)15)17-16-8-9-4-6-10(7-5-9)18(19)20/h1-8,17H/b16-8-. The summed E-state index contributed by atoms with van der Waals surface area (Å²) < 4.78 is 0. The summed E-state index contributed by atoms with van der Waals surface area (Å²) in [6, 6.07) is 11.2. The van der Waals surface area contributed by atoms with E-state index in [1.165, 1.54) is 18.3 Å². The molecule has 20 heavy (non-hydrogen) atoms. The summed E-state index contributed by atoms with van der Waals surface area (Å²) in [6.45, 7) is 0. The van der Waals surface area contributed by atoms with Crippen LogP contribution in [0.3, 0.4) is 0 Å². The van der Waals surface area contributed by atoms with Crippen LogP contribution in [0.2, 0.25) is 10.0 Å². The second-order valence-corrected chi connectivity index (χ2v) is 4.61. The first-order chi connectivity index (χ1) is 9.58. The highest BCUT2D eigenvalue weighted by molar-refractivity contribution is 6.43. The molecule has 0 fully saturated rings. The highest BCUT2D eigenvalue weighted by atomic mass is 35.5. The van der Waals surface area contributed by atoms with Crippen molar-refractivity contribution in [2.45, 2.75) is 0 Å². The molecular weight excluding hydrogens is 301 g/mol. The Morgan fingerprint density at radius 3 is 2.50 bits per heavy atom. The number of rotatable bonds is 4. The molecule has 5 nitrogen and oxygen atoms in total. The quantitative estimate of drug-likeness (QED) is 0.518. The molecule has 0 bridgehead atoms. The molecule has 102 valence electrons. The molecule has 0 aliphatic heterocycles. The highest BCUT2D eigenvalue weighted by Gasteiger charge is 2.03. The van der Waals surface area contributed by atoms with Gasteiger partial charge in [-0.2, -0.15) is 5.10 Å². The molecule has 0 heterocycles. The number of nitrogens with one attached hydrogen (secondary N) is 1. The Morgan fingerprint density at radius 1 is 1.15 bits per heavy atom. The first-order valence-corrected chi connectivity index (χ1v) is 6.31. The number of benzene rings is 2. The van der Waals surface area contributed by atoms with E-state index in [0.29, 0.717) is 15.7 Å². The second-order valence-electron chi connectivity index (χ2n) is 3.82. The lowest BCUT2D eigenvalue weighted by Gasteiger charge is -2.03. The van der Waals surface area contributed by atoms with Crippen LogP contribution >= 0.6 is 23.2 Å². The lowest BCUT2D eigenvalue weighted by Crippen LogP contribution is -1.92. The Labute approximate surface area is 125 Å². The van der Waals surface area contributed by atoms with Crippen molar-refractivity contribution in [3.05, 3.63) is 68.2 Å². The molecule has 2 aromatic carbocycles. The van der Waals surface area contributed by atoms with Crippen LogP contribution in [-0.2, 0) is 0 Å². The molecule has 0 atom stereocenters. The van der Waals surface area contributed by atoms with Crippen LogP contribution in [0.4, 0.5) is 11.4 Å². The van der Waals surface area contributed by atoms with Crippen LogP contribution in [0.5, 0.6) is 0 Å². The number of halogens is 2. The zero-order valence-electron chi connectivity index (χ0n) is 10.1. The number of hydrogen-bond acceptors (Lipinski definition) is 4. The van der Waals surface area contributed by atoms with Crippen LogP contribution in [0, 0.1) is 10.1 Å². The van der Waals surface area contributed by atoms with Crippen molar-refractivity contribution >= 4 is 40.8 Å². The Balaban J connectivity index is 2.06. The van der Waals surface area contributed by atoms with Gasteiger partial charge in [-0.1, -0.05) is 29.3 Å². The summed E-state index contributed by atoms with van der Waals surface area (Å²) >= 11 is 11.9. The van der Waals surface area contributed by atoms with Gasteiger partial charge in [-0.05, 0) is 29.8 Å². The number of anilines is 1. The summed E-state index contributed by atoms with van der Waals surface area (Å²) in [7, 11) is 0. The number of nitrogens with zero attached hydrogens (tertiary/aromatic N) is 2. The molecule has 0 spiro atoms. The van der Waals surface area contributed by atoms with Gasteiger partial charge in [0, 0.05) is 12.1 Å². The Kier molecular flexibility index (Phi) is 4.55. The van der Waals surface area contributed by atoms with Crippen LogP contribution in [0.1, 0.15) is 5.56 Å². The molecule has 0 unspecified atom stereocenters. The lowest BCUT2D eigenvalue weighted by molar-refractivity contribution is -0.384. The van der Waals surface area contributed by atoms with Crippen molar-refractivity contribution in [3.8, 4) is 0 Å². The van der Waals surface area contributed by atoms with Crippen molar-refractivity contribution in [1.82, 2.24) is 0 Å². The van der Waals surface area contributed by atoms with Crippen molar-refractivity contribution < 1.29 is 4.92 Å². The molecule has 2 rings (SSSR count). The van der Waals surface area contributed by atoms with E-state index in [-0.39, 0.29) is 5.69 Å². The first-order valence-electron chi connectivity index (χ1n) is 5.55. The van der Waals surface area contributed by atoms with Crippen LogP contribution in [-0.4, -0.2) is 11.1 Å². The second kappa shape index (κ2) is 6.36. The summed E-state index contributed by atoms with van der Waals surface area (Å²) in [5.41, 5.74) is 4.10. The number of hydrazone groups is 1. The van der Waals surface area contributed by atoms with Gasteiger partial charge < -0.3 is 0 Å². The summed E-state index contributed by atoms with van der Waals surface area (Å²) in [4.78, 5) is 10.1.